The van der Waals surface area contributed by atoms with E-state index in [1.165, 1.54) is 173 Å². The average molecular weight is 1100 g/mol. The Balaban J connectivity index is 4.18. The van der Waals surface area contributed by atoms with Crippen LogP contribution in [0.15, 0.2) is 97.2 Å². The smallest absolute Gasteiger partial charge is 0.306 e. The first kappa shape index (κ1) is 75.3. The summed E-state index contributed by atoms with van der Waals surface area (Å²) >= 11 is 0. The maximum absolute atomic E-state index is 12.9. The number of hydrogen-bond donors (Lipinski definition) is 0. The number of allylic oxidation sites excluding steroid dienone is 16. The number of carbonyl (C=O) groups is 3. The van der Waals surface area contributed by atoms with Crippen LogP contribution in [0, 0.1) is 0 Å². The second-order valence-electron chi connectivity index (χ2n) is 22.3. The maximum atomic E-state index is 12.9. The lowest BCUT2D eigenvalue weighted by Gasteiger charge is -2.18. The minimum Gasteiger partial charge on any atom is -0.462 e. The van der Waals surface area contributed by atoms with Crippen molar-refractivity contribution in [3.05, 3.63) is 97.2 Å². The SMILES string of the molecule is CC/C=C\C/C=C\C/C=C\C/C=C\C/C=C\C/C=C\CCCCCCCCCCCCCCCCC(=O)OCC(COC(=O)CCCCCCC/C=C\CCCCC)OC(=O)CCCCCCC/C=C\CCCCCCCCC. The quantitative estimate of drug-likeness (QED) is 0.0261. The van der Waals surface area contributed by atoms with Gasteiger partial charge in [-0.2, -0.15) is 0 Å². The Hall–Kier alpha value is -3.67. The van der Waals surface area contributed by atoms with Gasteiger partial charge in [-0.25, -0.2) is 0 Å². The molecule has 0 bridgehead atoms. The van der Waals surface area contributed by atoms with Crippen molar-refractivity contribution in [2.24, 2.45) is 0 Å². The van der Waals surface area contributed by atoms with Gasteiger partial charge in [-0.1, -0.05) is 285 Å². The van der Waals surface area contributed by atoms with Gasteiger partial charge in [0.2, 0.25) is 0 Å². The Kier molecular flexibility index (Phi) is 63.7. The van der Waals surface area contributed by atoms with Crippen LogP contribution in [0.4, 0.5) is 0 Å². The Bertz CT molecular complexity index is 1540. The molecule has 1 atom stereocenters. The number of carbonyl (C=O) groups excluding carboxylic acids is 3. The fourth-order valence-corrected chi connectivity index (χ4v) is 9.50. The second-order valence-corrected chi connectivity index (χ2v) is 22.3. The van der Waals surface area contributed by atoms with Gasteiger partial charge < -0.3 is 14.2 Å². The van der Waals surface area contributed by atoms with Crippen LogP contribution in [0.25, 0.3) is 0 Å². The molecule has 0 rings (SSSR count). The Morgan fingerprint density at radius 3 is 0.810 bits per heavy atom. The fraction of sp³-hybridized carbons (Fsp3) is 0.740. The van der Waals surface area contributed by atoms with E-state index in [1.807, 2.05) is 0 Å². The summed E-state index contributed by atoms with van der Waals surface area (Å²) in [4.78, 5) is 38.3. The van der Waals surface area contributed by atoms with Gasteiger partial charge >= 0.3 is 17.9 Å². The van der Waals surface area contributed by atoms with E-state index in [-0.39, 0.29) is 31.1 Å². The highest BCUT2D eigenvalue weighted by Gasteiger charge is 2.19. The maximum Gasteiger partial charge on any atom is 0.306 e. The molecule has 454 valence electrons. The number of unbranched alkanes of at least 4 members (excludes halogenated alkanes) is 34. The van der Waals surface area contributed by atoms with Crippen molar-refractivity contribution >= 4 is 17.9 Å². The molecule has 0 aromatic carbocycles. The fourth-order valence-electron chi connectivity index (χ4n) is 9.50. The third kappa shape index (κ3) is 65.0. The van der Waals surface area contributed by atoms with Crippen molar-refractivity contribution < 1.29 is 28.6 Å². The van der Waals surface area contributed by atoms with Gasteiger partial charge in [-0.15, -0.1) is 0 Å². The molecule has 0 aromatic heterocycles. The molecule has 0 heterocycles. The van der Waals surface area contributed by atoms with E-state index >= 15 is 0 Å². The normalized spacial score (nSPS) is 12.7. The molecule has 1 unspecified atom stereocenters. The van der Waals surface area contributed by atoms with Crippen LogP contribution >= 0.6 is 0 Å². The lowest BCUT2D eigenvalue weighted by molar-refractivity contribution is -0.167. The summed E-state index contributed by atoms with van der Waals surface area (Å²) in [6, 6.07) is 0. The Morgan fingerprint density at radius 2 is 0.494 bits per heavy atom. The van der Waals surface area contributed by atoms with Crippen LogP contribution < -0.4 is 0 Å². The van der Waals surface area contributed by atoms with E-state index in [2.05, 4.69) is 118 Å². The van der Waals surface area contributed by atoms with Crippen LogP contribution in [0.5, 0.6) is 0 Å². The topological polar surface area (TPSA) is 78.9 Å². The van der Waals surface area contributed by atoms with E-state index in [0.29, 0.717) is 19.3 Å². The standard InChI is InChI=1S/C73H126O6/c1-4-7-10-13-16-19-22-25-27-29-30-31-32-33-34-35-36-37-38-39-40-41-42-43-44-45-47-48-51-54-57-60-63-66-72(75)78-69-70(68-77-71(74)65-62-59-56-53-50-24-21-18-15-12-9-6-3)79-73(76)67-64-61-58-55-52-49-46-28-26-23-20-17-14-11-8-5-2/h7,10,16,18-19,21,25,27-28,30-31,33-34,36-37,46,70H,4-6,8-9,11-15,17,20,22-24,26,29,32,35,38-45,47-69H2,1-3H3/b10-7-,19-16-,21-18-,27-25-,31-30-,34-33-,37-36-,46-28-. The zero-order valence-corrected chi connectivity index (χ0v) is 52.1. The van der Waals surface area contributed by atoms with Gasteiger partial charge in [0.25, 0.3) is 0 Å². The number of hydrogen-bond acceptors (Lipinski definition) is 6. The average Bonchev–Trinajstić information content (AvgIpc) is 3.45. The molecule has 0 N–H and O–H groups in total. The molecule has 6 heteroatoms. The molecule has 0 saturated heterocycles. The van der Waals surface area contributed by atoms with E-state index < -0.39 is 6.10 Å². The van der Waals surface area contributed by atoms with Crippen molar-refractivity contribution in [3.63, 3.8) is 0 Å². The molecule has 0 aliphatic rings. The summed E-state index contributed by atoms with van der Waals surface area (Å²) in [5.41, 5.74) is 0. The first-order valence-corrected chi connectivity index (χ1v) is 33.7. The van der Waals surface area contributed by atoms with Crippen molar-refractivity contribution in [2.75, 3.05) is 13.2 Å². The number of ether oxygens (including phenoxy) is 3. The molecular formula is C73H126O6. The first-order chi connectivity index (χ1) is 39.0. The van der Waals surface area contributed by atoms with Crippen LogP contribution in [-0.2, 0) is 28.6 Å². The molecule has 0 radical (unpaired) electrons. The predicted octanol–water partition coefficient (Wildman–Crippen LogP) is 23.2. The third-order valence-electron chi connectivity index (χ3n) is 14.5. The third-order valence-corrected chi connectivity index (χ3v) is 14.5. The zero-order chi connectivity index (χ0) is 57.1. The van der Waals surface area contributed by atoms with Crippen LogP contribution in [0.1, 0.15) is 329 Å². The number of rotatable bonds is 61. The molecule has 0 aliphatic carbocycles. The second kappa shape index (κ2) is 66.8. The first-order valence-electron chi connectivity index (χ1n) is 33.7. The van der Waals surface area contributed by atoms with Crippen molar-refractivity contribution in [1.29, 1.82) is 0 Å². The minimum absolute atomic E-state index is 0.0809. The predicted molar refractivity (Wildman–Crippen MR) is 344 cm³/mol. The molecular weight excluding hydrogens is 973 g/mol. The molecule has 0 aliphatic heterocycles. The summed E-state index contributed by atoms with van der Waals surface area (Å²) in [5.74, 6) is -0.887. The summed E-state index contributed by atoms with van der Waals surface area (Å²) in [5, 5.41) is 0. The van der Waals surface area contributed by atoms with Crippen molar-refractivity contribution in [3.8, 4) is 0 Å². The van der Waals surface area contributed by atoms with Gasteiger partial charge in [0.15, 0.2) is 6.10 Å². The lowest BCUT2D eigenvalue weighted by atomic mass is 10.0. The van der Waals surface area contributed by atoms with Gasteiger partial charge in [0, 0.05) is 19.3 Å². The van der Waals surface area contributed by atoms with Gasteiger partial charge in [-0.3, -0.25) is 14.4 Å². The molecule has 0 aromatic rings. The van der Waals surface area contributed by atoms with Crippen molar-refractivity contribution in [2.45, 2.75) is 335 Å². The lowest BCUT2D eigenvalue weighted by Crippen LogP contribution is -2.30. The highest BCUT2D eigenvalue weighted by Crippen LogP contribution is 2.16. The largest absolute Gasteiger partial charge is 0.462 e. The van der Waals surface area contributed by atoms with Gasteiger partial charge in [0.1, 0.15) is 13.2 Å². The van der Waals surface area contributed by atoms with Crippen LogP contribution in [0.2, 0.25) is 0 Å². The molecule has 0 amide bonds. The van der Waals surface area contributed by atoms with E-state index in [4.69, 9.17) is 14.2 Å². The highest BCUT2D eigenvalue weighted by atomic mass is 16.6. The van der Waals surface area contributed by atoms with Crippen LogP contribution in [0.3, 0.4) is 0 Å². The van der Waals surface area contributed by atoms with E-state index in [0.717, 1.165) is 116 Å². The summed E-state index contributed by atoms with van der Waals surface area (Å²) in [6.45, 7) is 6.51. The highest BCUT2D eigenvalue weighted by molar-refractivity contribution is 5.71. The number of esters is 3. The Morgan fingerprint density at radius 1 is 0.266 bits per heavy atom. The molecule has 0 saturated carbocycles. The molecule has 6 nitrogen and oxygen atoms in total. The summed E-state index contributed by atoms with van der Waals surface area (Å²) < 4.78 is 16.9. The van der Waals surface area contributed by atoms with Gasteiger partial charge in [-0.05, 0) is 122 Å². The molecule has 0 fully saturated rings. The van der Waals surface area contributed by atoms with E-state index in [9.17, 15) is 14.4 Å². The molecule has 79 heavy (non-hydrogen) atoms. The monoisotopic (exact) mass is 1100 g/mol. The van der Waals surface area contributed by atoms with Crippen LogP contribution in [-0.4, -0.2) is 37.2 Å². The molecule has 0 spiro atoms. The Labute approximate surface area is 489 Å². The zero-order valence-electron chi connectivity index (χ0n) is 52.1. The minimum atomic E-state index is -0.784. The van der Waals surface area contributed by atoms with Gasteiger partial charge in [0.05, 0.1) is 0 Å². The summed E-state index contributed by atoms with van der Waals surface area (Å²) in [7, 11) is 0. The van der Waals surface area contributed by atoms with E-state index in [1.54, 1.807) is 0 Å². The summed E-state index contributed by atoms with van der Waals surface area (Å²) in [6.07, 6.45) is 90.0. The van der Waals surface area contributed by atoms with Crippen molar-refractivity contribution in [1.82, 2.24) is 0 Å².